The molecule has 4 nitrogen and oxygen atoms in total. The molecule has 0 saturated carbocycles. The number of phosphoric acid groups is 1. The van der Waals surface area contributed by atoms with E-state index in [9.17, 15) is 4.57 Å². The van der Waals surface area contributed by atoms with Crippen molar-refractivity contribution in [1.82, 2.24) is 0 Å². The summed E-state index contributed by atoms with van der Waals surface area (Å²) in [6, 6.07) is 0. The van der Waals surface area contributed by atoms with Crippen molar-refractivity contribution in [2.75, 3.05) is 19.0 Å². The third kappa shape index (κ3) is 5.74. The van der Waals surface area contributed by atoms with E-state index in [4.69, 9.17) is 13.6 Å². The predicted molar refractivity (Wildman–Crippen MR) is 80.1 cm³/mol. The third-order valence-electron chi connectivity index (χ3n) is 2.50. The molecule has 0 saturated heterocycles. The first-order valence-electron chi connectivity index (χ1n) is 6.75. The highest BCUT2D eigenvalue weighted by Gasteiger charge is 2.29. The van der Waals surface area contributed by atoms with Gasteiger partial charge in [-0.05, 0) is 44.4 Å². The molecule has 0 atom stereocenters. The zero-order valence-electron chi connectivity index (χ0n) is 11.9. The Labute approximate surface area is 120 Å². The minimum atomic E-state index is -3.49. The molecule has 0 aromatic heterocycles. The molecule has 0 amide bonds. The number of rotatable bonds is 9. The van der Waals surface area contributed by atoms with Crippen LogP contribution in [0.4, 0.5) is 0 Å². The van der Waals surface area contributed by atoms with Crippen LogP contribution in [0, 0.1) is 0 Å². The van der Waals surface area contributed by atoms with Gasteiger partial charge in [0, 0.05) is 5.41 Å². The van der Waals surface area contributed by atoms with Crippen molar-refractivity contribution in [1.29, 1.82) is 0 Å². The molecular formula is C13H23O4PS. The van der Waals surface area contributed by atoms with Crippen LogP contribution in [0.3, 0.4) is 0 Å². The van der Waals surface area contributed by atoms with Crippen molar-refractivity contribution in [3.63, 3.8) is 0 Å². The van der Waals surface area contributed by atoms with Gasteiger partial charge in [-0.2, -0.15) is 0 Å². The van der Waals surface area contributed by atoms with E-state index in [2.05, 4.69) is 13.0 Å². The number of allylic oxidation sites excluding steroid dienone is 2. The Kier molecular flexibility index (Phi) is 7.84. The lowest BCUT2D eigenvalue weighted by Gasteiger charge is -2.19. The Morgan fingerprint density at radius 1 is 1.37 bits per heavy atom. The summed E-state index contributed by atoms with van der Waals surface area (Å²) in [6.45, 7) is 6.20. The maximum atomic E-state index is 12.4. The van der Waals surface area contributed by atoms with Gasteiger partial charge in [-0.25, -0.2) is 4.57 Å². The minimum Gasteiger partial charge on any atom is -0.403 e. The molecule has 0 aromatic rings. The zero-order chi connectivity index (χ0) is 14.1. The first-order chi connectivity index (χ1) is 9.15. The fourth-order valence-corrected chi connectivity index (χ4v) is 3.55. The molecule has 1 aliphatic rings. The van der Waals surface area contributed by atoms with Gasteiger partial charge in [0.2, 0.25) is 0 Å². The normalized spacial score (nSPS) is 16.6. The second-order valence-electron chi connectivity index (χ2n) is 3.93. The lowest BCUT2D eigenvalue weighted by Crippen LogP contribution is -2.01. The van der Waals surface area contributed by atoms with Crippen molar-refractivity contribution < 1.29 is 18.1 Å². The molecule has 0 fully saturated rings. The monoisotopic (exact) mass is 306 g/mol. The molecule has 1 aliphatic carbocycles. The molecule has 0 N–H and O–H groups in total. The van der Waals surface area contributed by atoms with E-state index in [0.29, 0.717) is 19.0 Å². The second-order valence-corrected chi connectivity index (χ2v) is 6.67. The highest BCUT2D eigenvalue weighted by Crippen LogP contribution is 2.53. The highest BCUT2D eigenvalue weighted by molar-refractivity contribution is 8.02. The quantitative estimate of drug-likeness (QED) is 0.448. The van der Waals surface area contributed by atoms with E-state index in [0.717, 1.165) is 30.6 Å². The molecule has 0 heterocycles. The molecule has 0 bridgehead atoms. The molecule has 0 radical (unpaired) electrons. The average Bonchev–Trinajstić information content (AvgIpc) is 2.89. The van der Waals surface area contributed by atoms with E-state index in [1.165, 1.54) is 0 Å². The van der Waals surface area contributed by atoms with Crippen LogP contribution in [0.1, 0.15) is 40.0 Å². The van der Waals surface area contributed by atoms with Crippen LogP contribution in [-0.4, -0.2) is 19.0 Å². The number of phosphoric ester groups is 1. The number of hydrogen-bond donors (Lipinski definition) is 0. The first kappa shape index (κ1) is 16.8. The Hall–Kier alpha value is -0.220. The lowest BCUT2D eigenvalue weighted by atomic mass is 10.2. The van der Waals surface area contributed by atoms with Crippen LogP contribution in [0.2, 0.25) is 0 Å². The van der Waals surface area contributed by atoms with Crippen molar-refractivity contribution in [2.45, 2.75) is 40.0 Å². The highest BCUT2D eigenvalue weighted by atomic mass is 32.2. The maximum Gasteiger partial charge on any atom is 0.530 e. The third-order valence-corrected chi connectivity index (χ3v) is 4.78. The van der Waals surface area contributed by atoms with Crippen LogP contribution < -0.4 is 0 Å². The van der Waals surface area contributed by atoms with Crippen LogP contribution in [-0.2, 0) is 18.1 Å². The topological polar surface area (TPSA) is 44.8 Å². The predicted octanol–water partition coefficient (Wildman–Crippen LogP) is 4.89. The van der Waals surface area contributed by atoms with Crippen LogP contribution in [0.25, 0.3) is 0 Å². The van der Waals surface area contributed by atoms with Gasteiger partial charge in [-0.3, -0.25) is 9.05 Å². The Morgan fingerprint density at radius 2 is 2.05 bits per heavy atom. The summed E-state index contributed by atoms with van der Waals surface area (Å²) in [6.07, 6.45) is 5.24. The molecule has 0 spiro atoms. The number of hydrogen-bond acceptors (Lipinski definition) is 5. The Morgan fingerprint density at radius 3 is 2.53 bits per heavy atom. The van der Waals surface area contributed by atoms with Gasteiger partial charge in [-0.1, -0.05) is 13.0 Å². The van der Waals surface area contributed by atoms with Crippen LogP contribution in [0.15, 0.2) is 22.8 Å². The molecule has 0 aliphatic heterocycles. The molecular weight excluding hydrogens is 283 g/mol. The summed E-state index contributed by atoms with van der Waals surface area (Å²) in [4.78, 5) is 0. The van der Waals surface area contributed by atoms with E-state index >= 15 is 0 Å². The van der Waals surface area contributed by atoms with Gasteiger partial charge in [0.05, 0.1) is 13.2 Å². The molecule has 1 rings (SSSR count). The SMILES string of the molecule is CCOP(=O)(OCC)O/C(=C\SCC)C1=CCCC1. The van der Waals surface area contributed by atoms with E-state index in [1.54, 1.807) is 25.6 Å². The molecule has 19 heavy (non-hydrogen) atoms. The van der Waals surface area contributed by atoms with Gasteiger partial charge in [0.1, 0.15) is 5.76 Å². The zero-order valence-corrected chi connectivity index (χ0v) is 13.6. The van der Waals surface area contributed by atoms with E-state index in [1.807, 2.05) is 5.41 Å². The largest absolute Gasteiger partial charge is 0.530 e. The van der Waals surface area contributed by atoms with Gasteiger partial charge < -0.3 is 4.52 Å². The minimum absolute atomic E-state index is 0.296. The fourth-order valence-electron chi connectivity index (χ4n) is 1.74. The van der Waals surface area contributed by atoms with Crippen LogP contribution >= 0.6 is 19.6 Å². The Bertz CT molecular complexity index is 369. The second kappa shape index (κ2) is 8.85. The van der Waals surface area contributed by atoms with Gasteiger partial charge in [0.15, 0.2) is 0 Å². The smallest absolute Gasteiger partial charge is 0.403 e. The van der Waals surface area contributed by atoms with Gasteiger partial charge in [-0.15, -0.1) is 11.8 Å². The summed E-state index contributed by atoms with van der Waals surface area (Å²) < 4.78 is 28.3. The van der Waals surface area contributed by atoms with Crippen molar-refractivity contribution in [3.8, 4) is 0 Å². The first-order valence-corrected chi connectivity index (χ1v) is 9.26. The van der Waals surface area contributed by atoms with E-state index < -0.39 is 7.82 Å². The Balaban J connectivity index is 2.82. The molecule has 0 unspecified atom stereocenters. The summed E-state index contributed by atoms with van der Waals surface area (Å²) in [5.74, 6) is 1.57. The summed E-state index contributed by atoms with van der Waals surface area (Å²) in [5, 5.41) is 1.90. The van der Waals surface area contributed by atoms with Crippen LogP contribution in [0.5, 0.6) is 0 Å². The maximum absolute atomic E-state index is 12.4. The lowest BCUT2D eigenvalue weighted by molar-refractivity contribution is 0.147. The van der Waals surface area contributed by atoms with Crippen molar-refractivity contribution in [2.24, 2.45) is 0 Å². The molecule has 6 heteroatoms. The number of thioether (sulfide) groups is 1. The van der Waals surface area contributed by atoms with E-state index in [-0.39, 0.29) is 0 Å². The summed E-state index contributed by atoms with van der Waals surface area (Å²) in [7, 11) is -3.49. The van der Waals surface area contributed by atoms with Gasteiger partial charge in [0.25, 0.3) is 0 Å². The summed E-state index contributed by atoms with van der Waals surface area (Å²) >= 11 is 1.62. The fraction of sp³-hybridized carbons (Fsp3) is 0.692. The summed E-state index contributed by atoms with van der Waals surface area (Å²) in [5.41, 5.74) is 1.10. The molecule has 110 valence electrons. The standard InChI is InChI=1S/C13H23O4PS/c1-4-15-18(14,16-5-2)17-13(11-19-6-3)12-9-7-8-10-12/h9,11H,4-8,10H2,1-3H3/b13-11-. The van der Waals surface area contributed by atoms with Gasteiger partial charge >= 0.3 is 7.82 Å². The van der Waals surface area contributed by atoms with Crippen molar-refractivity contribution in [3.05, 3.63) is 22.8 Å². The molecule has 0 aromatic carbocycles. The average molecular weight is 306 g/mol. The van der Waals surface area contributed by atoms with Crippen molar-refractivity contribution >= 4 is 19.6 Å².